The fourth-order valence-electron chi connectivity index (χ4n) is 2.24. The van der Waals surface area contributed by atoms with Crippen molar-refractivity contribution in [1.29, 1.82) is 0 Å². The lowest BCUT2D eigenvalue weighted by Crippen LogP contribution is -2.03. The number of ether oxygens (including phenoxy) is 1. The van der Waals surface area contributed by atoms with Gasteiger partial charge in [-0.2, -0.15) is 0 Å². The quantitative estimate of drug-likeness (QED) is 0.551. The predicted molar refractivity (Wildman–Crippen MR) is 81.3 cm³/mol. The molecule has 4 nitrogen and oxygen atoms in total. The van der Waals surface area contributed by atoms with Crippen molar-refractivity contribution in [3.63, 3.8) is 0 Å². The largest absolute Gasteiger partial charge is 0.469 e. The van der Waals surface area contributed by atoms with Crippen molar-refractivity contribution in [2.24, 2.45) is 0 Å². The van der Waals surface area contributed by atoms with E-state index < -0.39 is 0 Å². The Hall–Kier alpha value is -1.36. The third-order valence-electron chi connectivity index (χ3n) is 3.43. The zero-order chi connectivity index (χ0) is 14.4. The zero-order valence-electron chi connectivity index (χ0n) is 12.2. The summed E-state index contributed by atoms with van der Waals surface area (Å²) in [7, 11) is 1.43. The standard InChI is InChI=1S/C15H22N2O2S/c1-3-4-5-6-7-12-10-17-13(8-9-14(18)19-2)11-20-15(17)16-12/h10-11H,3-9H2,1-2H3. The van der Waals surface area contributed by atoms with E-state index in [0.29, 0.717) is 12.8 Å². The molecule has 0 aromatic carbocycles. The highest BCUT2D eigenvalue weighted by atomic mass is 32.1. The highest BCUT2D eigenvalue weighted by Gasteiger charge is 2.09. The second-order valence-corrected chi connectivity index (χ2v) is 5.84. The second kappa shape index (κ2) is 7.43. The molecule has 20 heavy (non-hydrogen) atoms. The van der Waals surface area contributed by atoms with Crippen molar-refractivity contribution in [3.05, 3.63) is 23.0 Å². The molecule has 5 heteroatoms. The number of aromatic nitrogens is 2. The maximum atomic E-state index is 11.2. The van der Waals surface area contributed by atoms with Crippen molar-refractivity contribution in [2.75, 3.05) is 7.11 Å². The Morgan fingerprint density at radius 2 is 2.20 bits per heavy atom. The van der Waals surface area contributed by atoms with Crippen molar-refractivity contribution in [3.8, 4) is 0 Å². The van der Waals surface area contributed by atoms with E-state index in [2.05, 4.69) is 32.6 Å². The van der Waals surface area contributed by atoms with E-state index in [0.717, 1.165) is 22.8 Å². The number of imidazole rings is 1. The van der Waals surface area contributed by atoms with Gasteiger partial charge in [0.25, 0.3) is 0 Å². The van der Waals surface area contributed by atoms with Crippen LogP contribution in [0.15, 0.2) is 11.6 Å². The number of nitrogens with zero attached hydrogens (tertiary/aromatic N) is 2. The molecular formula is C15H22N2O2S. The number of aryl methyl sites for hydroxylation is 2. The van der Waals surface area contributed by atoms with Crippen LogP contribution in [0.4, 0.5) is 0 Å². The maximum Gasteiger partial charge on any atom is 0.305 e. The summed E-state index contributed by atoms with van der Waals surface area (Å²) in [5.41, 5.74) is 2.30. The first-order valence-electron chi connectivity index (χ1n) is 7.25. The summed E-state index contributed by atoms with van der Waals surface area (Å²) < 4.78 is 6.80. The minimum Gasteiger partial charge on any atom is -0.469 e. The van der Waals surface area contributed by atoms with Crippen LogP contribution in [0, 0.1) is 0 Å². The maximum absolute atomic E-state index is 11.2. The van der Waals surface area contributed by atoms with Gasteiger partial charge in [-0.25, -0.2) is 4.98 Å². The molecule has 0 radical (unpaired) electrons. The van der Waals surface area contributed by atoms with Crippen LogP contribution in [0.3, 0.4) is 0 Å². The summed E-state index contributed by atoms with van der Waals surface area (Å²) in [4.78, 5) is 16.9. The van der Waals surface area contributed by atoms with Crippen molar-refractivity contribution in [1.82, 2.24) is 9.38 Å². The molecule has 2 aromatic heterocycles. The number of unbranched alkanes of at least 4 members (excludes halogenated alkanes) is 3. The number of carbonyl (C=O) groups excluding carboxylic acids is 1. The molecule has 0 aliphatic carbocycles. The molecule has 0 N–H and O–H groups in total. The van der Waals surface area contributed by atoms with Crippen molar-refractivity contribution in [2.45, 2.75) is 51.9 Å². The lowest BCUT2D eigenvalue weighted by atomic mass is 10.1. The Kier molecular flexibility index (Phi) is 5.59. The van der Waals surface area contributed by atoms with Crippen LogP contribution < -0.4 is 0 Å². The van der Waals surface area contributed by atoms with Crippen LogP contribution in [0.25, 0.3) is 4.96 Å². The molecule has 0 amide bonds. The van der Waals surface area contributed by atoms with Gasteiger partial charge in [0.15, 0.2) is 4.96 Å². The van der Waals surface area contributed by atoms with Crippen LogP contribution in [0.2, 0.25) is 0 Å². The number of hydrogen-bond donors (Lipinski definition) is 0. The van der Waals surface area contributed by atoms with Gasteiger partial charge in [0.2, 0.25) is 0 Å². The fraction of sp³-hybridized carbons (Fsp3) is 0.600. The number of methoxy groups -OCH3 is 1. The summed E-state index contributed by atoms with van der Waals surface area (Å²) in [6.45, 7) is 2.22. The van der Waals surface area contributed by atoms with Crippen LogP contribution in [0.1, 0.15) is 50.4 Å². The SMILES string of the molecule is CCCCCCc1cn2c(CCC(=O)OC)csc2n1. The van der Waals surface area contributed by atoms with Crippen LogP contribution in [0.5, 0.6) is 0 Å². The van der Waals surface area contributed by atoms with Crippen molar-refractivity contribution < 1.29 is 9.53 Å². The lowest BCUT2D eigenvalue weighted by Gasteiger charge is -1.99. The molecule has 0 aliphatic rings. The highest BCUT2D eigenvalue weighted by molar-refractivity contribution is 7.15. The normalized spacial score (nSPS) is 11.1. The minimum absolute atomic E-state index is 0.163. The summed E-state index contributed by atoms with van der Waals surface area (Å²) in [6, 6.07) is 0. The molecular weight excluding hydrogens is 272 g/mol. The van der Waals surface area contributed by atoms with Crippen LogP contribution >= 0.6 is 11.3 Å². The monoisotopic (exact) mass is 294 g/mol. The van der Waals surface area contributed by atoms with Gasteiger partial charge in [0.05, 0.1) is 19.2 Å². The van der Waals surface area contributed by atoms with Gasteiger partial charge in [-0.05, 0) is 19.3 Å². The molecule has 0 spiro atoms. The van der Waals surface area contributed by atoms with E-state index in [-0.39, 0.29) is 5.97 Å². The van der Waals surface area contributed by atoms with E-state index in [1.165, 1.54) is 32.8 Å². The lowest BCUT2D eigenvalue weighted by molar-refractivity contribution is -0.140. The van der Waals surface area contributed by atoms with Gasteiger partial charge in [0, 0.05) is 17.3 Å². The molecule has 0 saturated carbocycles. The Bertz CT molecular complexity index is 559. The van der Waals surface area contributed by atoms with Crippen LogP contribution in [-0.4, -0.2) is 22.5 Å². The molecule has 2 rings (SSSR count). The summed E-state index contributed by atoms with van der Waals surface area (Å²) in [5.74, 6) is -0.163. The Labute approximate surface area is 123 Å². The number of fused-ring (bicyclic) bond motifs is 1. The highest BCUT2D eigenvalue weighted by Crippen LogP contribution is 2.19. The molecule has 110 valence electrons. The minimum atomic E-state index is -0.163. The van der Waals surface area contributed by atoms with Gasteiger partial charge in [-0.3, -0.25) is 9.20 Å². The fourth-order valence-corrected chi connectivity index (χ4v) is 3.17. The van der Waals surface area contributed by atoms with E-state index in [4.69, 9.17) is 0 Å². The zero-order valence-corrected chi connectivity index (χ0v) is 13.0. The number of rotatable bonds is 8. The number of hydrogen-bond acceptors (Lipinski definition) is 4. The molecule has 0 aliphatic heterocycles. The van der Waals surface area contributed by atoms with Crippen molar-refractivity contribution >= 4 is 22.3 Å². The predicted octanol–water partition coefficient (Wildman–Crippen LogP) is 3.62. The molecule has 0 unspecified atom stereocenters. The van der Waals surface area contributed by atoms with E-state index in [9.17, 15) is 4.79 Å². The van der Waals surface area contributed by atoms with Gasteiger partial charge in [-0.1, -0.05) is 26.2 Å². The average Bonchev–Trinajstić information content (AvgIpc) is 3.01. The van der Waals surface area contributed by atoms with Gasteiger partial charge in [0.1, 0.15) is 0 Å². The van der Waals surface area contributed by atoms with E-state index in [1.54, 1.807) is 11.3 Å². The first kappa shape index (κ1) is 15.0. The molecule has 2 aromatic rings. The number of carbonyl (C=O) groups is 1. The smallest absolute Gasteiger partial charge is 0.305 e. The average molecular weight is 294 g/mol. The Morgan fingerprint density at radius 1 is 1.35 bits per heavy atom. The molecule has 0 atom stereocenters. The molecule has 0 fully saturated rings. The van der Waals surface area contributed by atoms with Crippen LogP contribution in [-0.2, 0) is 22.4 Å². The summed E-state index contributed by atoms with van der Waals surface area (Å²) in [5, 5.41) is 2.08. The van der Waals surface area contributed by atoms with E-state index >= 15 is 0 Å². The second-order valence-electron chi connectivity index (χ2n) is 5.00. The summed E-state index contributed by atoms with van der Waals surface area (Å²) in [6.07, 6.45) is 9.33. The molecule has 2 heterocycles. The molecule has 0 saturated heterocycles. The summed E-state index contributed by atoms with van der Waals surface area (Å²) >= 11 is 1.64. The van der Waals surface area contributed by atoms with Gasteiger partial charge >= 0.3 is 5.97 Å². The number of esters is 1. The Morgan fingerprint density at radius 3 is 2.95 bits per heavy atom. The van der Waals surface area contributed by atoms with Gasteiger partial charge < -0.3 is 4.74 Å². The van der Waals surface area contributed by atoms with Gasteiger partial charge in [-0.15, -0.1) is 11.3 Å². The van der Waals surface area contributed by atoms with E-state index in [1.807, 2.05) is 0 Å². The first-order chi connectivity index (χ1) is 9.74. The first-order valence-corrected chi connectivity index (χ1v) is 8.13. The third-order valence-corrected chi connectivity index (χ3v) is 4.32. The topological polar surface area (TPSA) is 43.6 Å². The third kappa shape index (κ3) is 3.82. The number of thiazole rings is 1. The Balaban J connectivity index is 1.95. The molecule has 0 bridgehead atoms.